The molecule has 6 rings (SSSR count). The highest BCUT2D eigenvalue weighted by molar-refractivity contribution is 5.97. The molecule has 2 aliphatic heterocycles. The fraction of sp³-hybridized carbons (Fsp3) is 0.385. The minimum atomic E-state index is 0.0995. The van der Waals surface area contributed by atoms with Crippen molar-refractivity contribution in [3.8, 4) is 22.5 Å². The first kappa shape index (κ1) is 21.0. The molecule has 0 unspecified atom stereocenters. The second-order valence-electron chi connectivity index (χ2n) is 9.50. The summed E-state index contributed by atoms with van der Waals surface area (Å²) in [6.45, 7) is 8.55. The van der Waals surface area contributed by atoms with Gasteiger partial charge in [0.1, 0.15) is 0 Å². The zero-order valence-corrected chi connectivity index (χ0v) is 19.7. The minimum Gasteiger partial charge on any atom is -0.377 e. The summed E-state index contributed by atoms with van der Waals surface area (Å²) >= 11 is 0. The molecule has 0 saturated carbocycles. The summed E-state index contributed by atoms with van der Waals surface area (Å²) in [5, 5.41) is 11.7. The number of rotatable bonds is 4. The Morgan fingerprint density at radius 3 is 2.76 bits per heavy atom. The fourth-order valence-electron chi connectivity index (χ4n) is 4.89. The van der Waals surface area contributed by atoms with E-state index in [0.717, 1.165) is 51.8 Å². The largest absolute Gasteiger partial charge is 0.377 e. The molecule has 8 heteroatoms. The van der Waals surface area contributed by atoms with Crippen LogP contribution in [0.25, 0.3) is 33.3 Å². The maximum Gasteiger partial charge on any atom is 0.219 e. The molecule has 8 nitrogen and oxygen atoms in total. The number of hydrogen-bond donors (Lipinski definition) is 0. The number of aromatic nitrogens is 5. The highest BCUT2D eigenvalue weighted by Crippen LogP contribution is 2.37. The summed E-state index contributed by atoms with van der Waals surface area (Å²) in [5.74, 6) is 0.0995. The van der Waals surface area contributed by atoms with E-state index in [9.17, 15) is 4.79 Å². The van der Waals surface area contributed by atoms with E-state index in [2.05, 4.69) is 47.9 Å². The molecule has 0 aliphatic carbocycles. The van der Waals surface area contributed by atoms with E-state index in [1.165, 1.54) is 5.69 Å². The summed E-state index contributed by atoms with van der Waals surface area (Å²) in [6.07, 6.45) is 6.66. The molecule has 5 heterocycles. The van der Waals surface area contributed by atoms with Gasteiger partial charge in [-0.15, -0.1) is 0 Å². The SMILES string of the molecule is CC(=O)N1CCc2c(c(-c3cccc4cc(-c5cnn(C(C)C)c5)ncc34)nn2C2COC2)C1. The summed E-state index contributed by atoms with van der Waals surface area (Å²) in [7, 11) is 0. The summed E-state index contributed by atoms with van der Waals surface area (Å²) < 4.78 is 9.55. The van der Waals surface area contributed by atoms with E-state index in [1.807, 2.05) is 28.2 Å². The molecule has 0 bridgehead atoms. The summed E-state index contributed by atoms with van der Waals surface area (Å²) in [6, 6.07) is 8.98. The van der Waals surface area contributed by atoms with Gasteiger partial charge in [-0.3, -0.25) is 19.1 Å². The quantitative estimate of drug-likeness (QED) is 0.464. The number of hydrogen-bond acceptors (Lipinski definition) is 5. The van der Waals surface area contributed by atoms with Crippen LogP contribution in [0.3, 0.4) is 0 Å². The third kappa shape index (κ3) is 3.40. The summed E-state index contributed by atoms with van der Waals surface area (Å²) in [5.41, 5.74) is 6.27. The Labute approximate surface area is 198 Å². The average Bonchev–Trinajstić information content (AvgIpc) is 3.43. The zero-order chi connectivity index (χ0) is 23.4. The van der Waals surface area contributed by atoms with Gasteiger partial charge < -0.3 is 9.64 Å². The Morgan fingerprint density at radius 2 is 2.06 bits per heavy atom. The van der Waals surface area contributed by atoms with Gasteiger partial charge in [0.2, 0.25) is 5.91 Å². The maximum atomic E-state index is 12.2. The summed E-state index contributed by atoms with van der Waals surface area (Å²) in [4.78, 5) is 18.8. The lowest BCUT2D eigenvalue weighted by molar-refractivity contribution is -0.129. The lowest BCUT2D eigenvalue weighted by atomic mass is 9.97. The molecule has 0 atom stereocenters. The third-order valence-corrected chi connectivity index (χ3v) is 6.94. The minimum absolute atomic E-state index is 0.0995. The number of fused-ring (bicyclic) bond motifs is 2. The van der Waals surface area contributed by atoms with E-state index in [4.69, 9.17) is 14.8 Å². The first-order valence-corrected chi connectivity index (χ1v) is 11.9. The predicted octanol–water partition coefficient (Wildman–Crippen LogP) is 4.02. The molecule has 0 spiro atoms. The first-order valence-electron chi connectivity index (χ1n) is 11.9. The van der Waals surface area contributed by atoms with Crippen LogP contribution in [-0.2, 0) is 22.5 Å². The molecule has 174 valence electrons. The van der Waals surface area contributed by atoms with Crippen molar-refractivity contribution in [2.45, 2.75) is 45.8 Å². The van der Waals surface area contributed by atoms with Crippen molar-refractivity contribution in [1.82, 2.24) is 29.4 Å². The molecule has 0 radical (unpaired) electrons. The molecule has 1 fully saturated rings. The van der Waals surface area contributed by atoms with Crippen LogP contribution in [0.5, 0.6) is 0 Å². The second-order valence-corrected chi connectivity index (χ2v) is 9.50. The van der Waals surface area contributed by atoms with Crippen molar-refractivity contribution in [2.24, 2.45) is 0 Å². The fourth-order valence-corrected chi connectivity index (χ4v) is 4.89. The van der Waals surface area contributed by atoms with Gasteiger partial charge in [0.15, 0.2) is 0 Å². The molecule has 1 amide bonds. The van der Waals surface area contributed by atoms with Crippen LogP contribution in [0.2, 0.25) is 0 Å². The Bertz CT molecular complexity index is 1400. The molecule has 2 aliphatic rings. The molecule has 1 aromatic carbocycles. The van der Waals surface area contributed by atoms with Crippen molar-refractivity contribution < 1.29 is 9.53 Å². The van der Waals surface area contributed by atoms with Crippen molar-refractivity contribution in [3.63, 3.8) is 0 Å². The van der Waals surface area contributed by atoms with E-state index in [1.54, 1.807) is 6.92 Å². The van der Waals surface area contributed by atoms with Gasteiger partial charge in [-0.05, 0) is 25.3 Å². The van der Waals surface area contributed by atoms with E-state index in [-0.39, 0.29) is 11.9 Å². The molecular weight excluding hydrogens is 428 g/mol. The number of ether oxygens (including phenoxy) is 1. The van der Waals surface area contributed by atoms with Gasteiger partial charge in [0.25, 0.3) is 0 Å². The molecule has 3 aromatic heterocycles. The van der Waals surface area contributed by atoms with Gasteiger partial charge in [0.05, 0.1) is 36.8 Å². The van der Waals surface area contributed by atoms with Crippen LogP contribution >= 0.6 is 0 Å². The molecule has 0 N–H and O–H groups in total. The topological polar surface area (TPSA) is 78.1 Å². The number of amides is 1. The van der Waals surface area contributed by atoms with Crippen molar-refractivity contribution in [1.29, 1.82) is 0 Å². The Kier molecular flexibility index (Phi) is 4.99. The maximum absolute atomic E-state index is 12.2. The van der Waals surface area contributed by atoms with Crippen molar-refractivity contribution in [2.75, 3.05) is 19.8 Å². The van der Waals surface area contributed by atoms with Crippen LogP contribution in [-0.4, -0.2) is 55.1 Å². The smallest absolute Gasteiger partial charge is 0.219 e. The lowest BCUT2D eigenvalue weighted by Crippen LogP contribution is -2.37. The van der Waals surface area contributed by atoms with Gasteiger partial charge >= 0.3 is 0 Å². The number of carbonyl (C=O) groups is 1. The molecular formula is C26H28N6O2. The average molecular weight is 457 g/mol. The molecule has 1 saturated heterocycles. The van der Waals surface area contributed by atoms with E-state index < -0.39 is 0 Å². The van der Waals surface area contributed by atoms with Crippen LogP contribution in [0.15, 0.2) is 42.9 Å². The van der Waals surface area contributed by atoms with Gasteiger partial charge in [-0.25, -0.2) is 0 Å². The first-order chi connectivity index (χ1) is 16.5. The monoisotopic (exact) mass is 456 g/mol. The normalized spacial score (nSPS) is 16.2. The Balaban J connectivity index is 1.46. The molecule has 34 heavy (non-hydrogen) atoms. The van der Waals surface area contributed by atoms with Crippen LogP contribution in [0, 0.1) is 0 Å². The number of benzene rings is 1. The van der Waals surface area contributed by atoms with Crippen molar-refractivity contribution >= 4 is 16.7 Å². The van der Waals surface area contributed by atoms with Crippen LogP contribution in [0.4, 0.5) is 0 Å². The van der Waals surface area contributed by atoms with Crippen LogP contribution < -0.4 is 0 Å². The highest BCUT2D eigenvalue weighted by Gasteiger charge is 2.32. The molecule has 4 aromatic rings. The zero-order valence-electron chi connectivity index (χ0n) is 19.7. The van der Waals surface area contributed by atoms with Crippen LogP contribution in [0.1, 0.15) is 44.1 Å². The third-order valence-electron chi connectivity index (χ3n) is 6.94. The number of nitrogens with zero attached hydrogens (tertiary/aromatic N) is 6. The van der Waals surface area contributed by atoms with E-state index in [0.29, 0.717) is 25.8 Å². The Hall–Kier alpha value is -3.52. The van der Waals surface area contributed by atoms with Crippen molar-refractivity contribution in [3.05, 3.63) is 54.1 Å². The van der Waals surface area contributed by atoms with Gasteiger partial charge in [-0.2, -0.15) is 10.2 Å². The highest BCUT2D eigenvalue weighted by atomic mass is 16.5. The number of pyridine rings is 1. The van der Waals surface area contributed by atoms with Gasteiger partial charge in [-0.1, -0.05) is 18.2 Å². The lowest BCUT2D eigenvalue weighted by Gasteiger charge is -2.31. The Morgan fingerprint density at radius 1 is 1.21 bits per heavy atom. The number of carbonyl (C=O) groups excluding carboxylic acids is 1. The predicted molar refractivity (Wildman–Crippen MR) is 129 cm³/mol. The second kappa shape index (κ2) is 8.06. The van der Waals surface area contributed by atoms with E-state index >= 15 is 0 Å². The standard InChI is InChI=1S/C26H28N6O2/c1-16(2)31-12-19(10-28-31)24-9-18-5-4-6-21(22(18)11-27-24)26-23-13-30(17(3)33)8-7-25(23)32(29-26)20-14-34-15-20/h4-6,9-12,16,20H,7-8,13-15H2,1-3H3. The van der Waals surface area contributed by atoms with Gasteiger partial charge in [0, 0.05) is 72.6 Å².